The molecular weight excluding hydrogens is 206 g/mol. The average molecular weight is 233 g/mol. The summed E-state index contributed by atoms with van der Waals surface area (Å²) in [6, 6.07) is 0. The minimum absolute atomic E-state index is 0.179. The van der Waals surface area contributed by atoms with Gasteiger partial charge in [-0.05, 0) is 67.9 Å². The molecule has 0 heterocycles. The van der Waals surface area contributed by atoms with Gasteiger partial charge in [0.05, 0.1) is 5.54 Å². The van der Waals surface area contributed by atoms with Gasteiger partial charge in [0.25, 0.3) is 0 Å². The fourth-order valence-electron chi connectivity index (χ4n) is 5.49. The topological polar surface area (TPSA) is 12.4 Å². The summed E-state index contributed by atoms with van der Waals surface area (Å²) in [4.78, 5) is 4.57. The molecule has 1 nitrogen and oxygen atoms in total. The minimum Gasteiger partial charge on any atom is -0.294 e. The largest absolute Gasteiger partial charge is 0.294 e. The summed E-state index contributed by atoms with van der Waals surface area (Å²) in [7, 11) is 0. The van der Waals surface area contributed by atoms with Crippen LogP contribution in [0, 0.1) is 35.0 Å². The van der Waals surface area contributed by atoms with Gasteiger partial charge in [-0.2, -0.15) is 0 Å². The quantitative estimate of drug-likeness (QED) is 0.603. The number of hydrogen-bond acceptors (Lipinski definition) is 1. The first kappa shape index (κ1) is 11.7. The van der Waals surface area contributed by atoms with Crippen LogP contribution < -0.4 is 0 Å². The second-order valence-electron chi connectivity index (χ2n) is 7.75. The Bertz CT molecular complexity index is 345. The molecule has 96 valence electrons. The van der Waals surface area contributed by atoms with Crippen LogP contribution in [0.15, 0.2) is 4.99 Å². The lowest BCUT2D eigenvalue weighted by Crippen LogP contribution is -2.36. The molecule has 0 radical (unpaired) electrons. The summed E-state index contributed by atoms with van der Waals surface area (Å²) in [6.07, 6.45) is 5.46. The van der Waals surface area contributed by atoms with Crippen LogP contribution in [0.3, 0.4) is 0 Å². The minimum atomic E-state index is 0.179. The van der Waals surface area contributed by atoms with Crippen molar-refractivity contribution in [1.29, 1.82) is 0 Å². The van der Waals surface area contributed by atoms with Gasteiger partial charge in [0.1, 0.15) is 0 Å². The molecule has 0 aromatic rings. The highest BCUT2D eigenvalue weighted by molar-refractivity contribution is 5.28. The number of aliphatic imine (C=N–C) groups is 1. The normalized spacial score (nSPS) is 55.6. The van der Waals surface area contributed by atoms with Gasteiger partial charge in [0.2, 0.25) is 0 Å². The lowest BCUT2D eigenvalue weighted by molar-refractivity contribution is 0.176. The summed E-state index contributed by atoms with van der Waals surface area (Å²) < 4.78 is 0. The van der Waals surface area contributed by atoms with Crippen molar-refractivity contribution in [3.8, 4) is 0 Å². The standard InChI is InChI=1S/C16H27N/c1-10-6-7-11-13(10)14-12(15(14,2)3)8-9-16(11,4)17-5/h10-14H,5-9H2,1-4H3/t10-,11-,12-,13-,14-,16-/m1/s1. The van der Waals surface area contributed by atoms with Crippen molar-refractivity contribution in [1.82, 2.24) is 0 Å². The Hall–Kier alpha value is -0.330. The van der Waals surface area contributed by atoms with E-state index >= 15 is 0 Å². The van der Waals surface area contributed by atoms with E-state index in [0.717, 1.165) is 29.6 Å². The van der Waals surface area contributed by atoms with Crippen LogP contribution in [0.1, 0.15) is 53.4 Å². The molecule has 0 bridgehead atoms. The number of nitrogens with zero attached hydrogens (tertiary/aromatic N) is 1. The Balaban J connectivity index is 1.96. The van der Waals surface area contributed by atoms with Crippen LogP contribution in [-0.4, -0.2) is 12.3 Å². The number of rotatable bonds is 1. The van der Waals surface area contributed by atoms with Crippen molar-refractivity contribution < 1.29 is 0 Å². The molecule has 3 rings (SSSR count). The summed E-state index contributed by atoms with van der Waals surface area (Å²) in [5.41, 5.74) is 0.795. The van der Waals surface area contributed by atoms with E-state index in [4.69, 9.17) is 0 Å². The predicted octanol–water partition coefficient (Wildman–Crippen LogP) is 4.17. The fourth-order valence-corrected chi connectivity index (χ4v) is 5.49. The van der Waals surface area contributed by atoms with Gasteiger partial charge < -0.3 is 0 Å². The first-order valence-electron chi connectivity index (χ1n) is 7.39. The third-order valence-corrected chi connectivity index (χ3v) is 6.73. The molecule has 0 spiro atoms. The maximum atomic E-state index is 4.57. The van der Waals surface area contributed by atoms with E-state index in [1.165, 1.54) is 25.7 Å². The van der Waals surface area contributed by atoms with Gasteiger partial charge >= 0.3 is 0 Å². The Kier molecular flexibility index (Phi) is 2.32. The van der Waals surface area contributed by atoms with Crippen molar-refractivity contribution in [2.45, 2.75) is 58.9 Å². The summed E-state index contributed by atoms with van der Waals surface area (Å²) in [6.45, 7) is 13.7. The van der Waals surface area contributed by atoms with E-state index in [2.05, 4.69) is 39.4 Å². The lowest BCUT2D eigenvalue weighted by atomic mass is 9.73. The smallest absolute Gasteiger partial charge is 0.0604 e. The highest BCUT2D eigenvalue weighted by atomic mass is 14.9. The molecule has 0 saturated heterocycles. The van der Waals surface area contributed by atoms with Gasteiger partial charge in [0, 0.05) is 0 Å². The van der Waals surface area contributed by atoms with Crippen molar-refractivity contribution in [2.75, 3.05) is 0 Å². The zero-order valence-corrected chi connectivity index (χ0v) is 11.9. The molecule has 3 saturated carbocycles. The van der Waals surface area contributed by atoms with Crippen molar-refractivity contribution in [3.05, 3.63) is 0 Å². The number of hydrogen-bond donors (Lipinski definition) is 0. The van der Waals surface area contributed by atoms with E-state index in [1.807, 2.05) is 0 Å². The van der Waals surface area contributed by atoms with Crippen molar-refractivity contribution in [3.63, 3.8) is 0 Å². The van der Waals surface area contributed by atoms with Crippen molar-refractivity contribution >= 4 is 6.72 Å². The highest BCUT2D eigenvalue weighted by Crippen LogP contribution is 2.71. The zero-order valence-electron chi connectivity index (χ0n) is 11.9. The van der Waals surface area contributed by atoms with Gasteiger partial charge in [0.15, 0.2) is 0 Å². The molecule has 0 aromatic carbocycles. The summed E-state index contributed by atoms with van der Waals surface area (Å²) in [5, 5.41) is 0. The van der Waals surface area contributed by atoms with E-state index in [9.17, 15) is 0 Å². The van der Waals surface area contributed by atoms with Gasteiger partial charge in [-0.1, -0.05) is 27.2 Å². The summed E-state index contributed by atoms with van der Waals surface area (Å²) >= 11 is 0. The third-order valence-electron chi connectivity index (χ3n) is 6.73. The van der Waals surface area contributed by atoms with Crippen LogP contribution in [0.5, 0.6) is 0 Å². The Morgan fingerprint density at radius 1 is 1.06 bits per heavy atom. The van der Waals surface area contributed by atoms with Crippen LogP contribution >= 0.6 is 0 Å². The first-order valence-corrected chi connectivity index (χ1v) is 7.39. The number of fused-ring (bicyclic) bond motifs is 3. The lowest BCUT2D eigenvalue weighted by Gasteiger charge is -2.36. The molecule has 3 fully saturated rings. The second-order valence-corrected chi connectivity index (χ2v) is 7.75. The molecule has 3 aliphatic rings. The van der Waals surface area contributed by atoms with E-state index in [0.29, 0.717) is 5.41 Å². The summed E-state index contributed by atoms with van der Waals surface area (Å²) in [5.74, 6) is 4.60. The Morgan fingerprint density at radius 3 is 2.41 bits per heavy atom. The monoisotopic (exact) mass is 233 g/mol. The zero-order chi connectivity index (χ0) is 12.4. The predicted molar refractivity (Wildman–Crippen MR) is 73.3 cm³/mol. The van der Waals surface area contributed by atoms with E-state index in [-0.39, 0.29) is 5.54 Å². The molecule has 0 unspecified atom stereocenters. The van der Waals surface area contributed by atoms with Gasteiger partial charge in [-0.25, -0.2) is 0 Å². The van der Waals surface area contributed by atoms with Crippen LogP contribution in [0.4, 0.5) is 0 Å². The highest BCUT2D eigenvalue weighted by Gasteiger charge is 2.66. The van der Waals surface area contributed by atoms with Crippen LogP contribution in [0.25, 0.3) is 0 Å². The molecule has 6 atom stereocenters. The van der Waals surface area contributed by atoms with E-state index < -0.39 is 0 Å². The molecule has 17 heavy (non-hydrogen) atoms. The third kappa shape index (κ3) is 1.40. The van der Waals surface area contributed by atoms with Crippen LogP contribution in [0.2, 0.25) is 0 Å². The first-order chi connectivity index (χ1) is 7.92. The Labute approximate surface area is 106 Å². The fraction of sp³-hybridized carbons (Fsp3) is 0.938. The molecular formula is C16H27N. The van der Waals surface area contributed by atoms with Crippen molar-refractivity contribution in [2.24, 2.45) is 40.0 Å². The maximum Gasteiger partial charge on any atom is 0.0604 e. The van der Waals surface area contributed by atoms with Crippen LogP contribution in [-0.2, 0) is 0 Å². The molecule has 0 aromatic heterocycles. The Morgan fingerprint density at radius 2 is 1.76 bits per heavy atom. The van der Waals surface area contributed by atoms with Gasteiger partial charge in [-0.15, -0.1) is 0 Å². The molecule has 1 heteroatoms. The van der Waals surface area contributed by atoms with E-state index in [1.54, 1.807) is 0 Å². The average Bonchev–Trinajstić information content (AvgIpc) is 2.65. The molecule has 0 amide bonds. The maximum absolute atomic E-state index is 4.57. The molecule has 0 N–H and O–H groups in total. The molecule has 0 aliphatic heterocycles. The van der Waals surface area contributed by atoms with Gasteiger partial charge in [-0.3, -0.25) is 4.99 Å². The second kappa shape index (κ2) is 3.36. The molecule has 3 aliphatic carbocycles. The SMILES string of the molecule is C=N[C@]1(C)CC[C@@H]2[C@H]([C@@H]3[C@H](C)CC[C@H]31)C2(C)C.